The Morgan fingerprint density at radius 1 is 1.14 bits per heavy atom. The van der Waals surface area contributed by atoms with Crippen molar-refractivity contribution in [3.63, 3.8) is 0 Å². The molecule has 0 aliphatic heterocycles. The monoisotopic (exact) mass is 549 g/mol. The minimum Gasteiger partial charge on any atom is -0.494 e. The van der Waals surface area contributed by atoms with E-state index in [9.17, 15) is 22.8 Å². The fourth-order valence-electron chi connectivity index (χ4n) is 3.00. The van der Waals surface area contributed by atoms with E-state index in [4.69, 9.17) is 27.9 Å². The molecular weight excluding hydrogens is 530 g/mol. The van der Waals surface area contributed by atoms with E-state index >= 15 is 0 Å². The Kier molecular flexibility index (Phi) is 8.34. The van der Waals surface area contributed by atoms with Crippen LogP contribution in [0.4, 0.5) is 18.3 Å². The van der Waals surface area contributed by atoms with Gasteiger partial charge >= 0.3 is 17.8 Å². The number of amides is 1. The number of esters is 1. The average molecular weight is 550 g/mol. The van der Waals surface area contributed by atoms with E-state index in [1.165, 1.54) is 12.1 Å². The molecule has 0 spiro atoms. The highest BCUT2D eigenvalue weighted by Crippen LogP contribution is 2.37. The van der Waals surface area contributed by atoms with Gasteiger partial charge in [-0.05, 0) is 42.8 Å². The van der Waals surface area contributed by atoms with E-state index in [0.717, 1.165) is 37.4 Å². The number of carbonyl (C=O) groups is 2. The summed E-state index contributed by atoms with van der Waals surface area (Å²) in [5.74, 6) is -2.55. The molecule has 2 aromatic carbocycles. The zero-order chi connectivity index (χ0) is 25.8. The summed E-state index contributed by atoms with van der Waals surface area (Å²) in [7, 11) is 0.768. The van der Waals surface area contributed by atoms with Crippen molar-refractivity contribution in [3.05, 3.63) is 52.0 Å². The molecule has 0 saturated carbocycles. The smallest absolute Gasteiger partial charge is 0.442 e. The third-order valence-corrected chi connectivity index (χ3v) is 6.30. The van der Waals surface area contributed by atoms with Crippen LogP contribution < -0.4 is 15.4 Å². The number of hydrogen-bond donors (Lipinski definition) is 2. The third kappa shape index (κ3) is 5.91. The van der Waals surface area contributed by atoms with E-state index in [2.05, 4.69) is 9.72 Å². The minimum atomic E-state index is -5.33. The van der Waals surface area contributed by atoms with Crippen molar-refractivity contribution in [2.24, 2.45) is 0 Å². The van der Waals surface area contributed by atoms with Crippen molar-refractivity contribution in [1.29, 1.82) is 0 Å². The van der Waals surface area contributed by atoms with Crippen molar-refractivity contribution in [1.82, 2.24) is 10.3 Å². The second kappa shape index (κ2) is 10.9. The molecule has 0 fully saturated rings. The van der Waals surface area contributed by atoms with Crippen molar-refractivity contribution in [3.8, 4) is 5.75 Å². The first-order chi connectivity index (χ1) is 16.5. The number of rotatable bonds is 9. The molecule has 1 amide bonds. The number of fused-ring (bicyclic) bond motifs is 1. The highest BCUT2D eigenvalue weighted by molar-refractivity contribution is 7.22. The molecule has 2 N–H and O–H groups in total. The van der Waals surface area contributed by atoms with Gasteiger partial charge in [-0.1, -0.05) is 47.9 Å². The summed E-state index contributed by atoms with van der Waals surface area (Å²) < 4.78 is 53.6. The second-order valence-corrected chi connectivity index (χ2v) is 9.17. The highest BCUT2D eigenvalue weighted by atomic mass is 35.5. The van der Waals surface area contributed by atoms with E-state index in [1.54, 1.807) is 23.5 Å². The SMILES string of the molecule is CCCCOc1ccc2nc(N[C@](NC(=O)c3ccc(Cl)cc3Cl)(C(=O)OC)C(F)(F)F)sc2c1. The van der Waals surface area contributed by atoms with Gasteiger partial charge in [0.1, 0.15) is 5.75 Å². The van der Waals surface area contributed by atoms with Gasteiger partial charge in [-0.25, -0.2) is 9.78 Å². The molecule has 0 radical (unpaired) electrons. The Hall–Kier alpha value is -2.76. The van der Waals surface area contributed by atoms with Gasteiger partial charge in [0.2, 0.25) is 0 Å². The molecule has 0 bridgehead atoms. The lowest BCUT2D eigenvalue weighted by atomic mass is 10.1. The Labute approximate surface area is 212 Å². The van der Waals surface area contributed by atoms with Crippen molar-refractivity contribution >= 4 is 61.8 Å². The van der Waals surface area contributed by atoms with E-state index in [0.29, 0.717) is 22.6 Å². The van der Waals surface area contributed by atoms with Gasteiger partial charge in [-0.3, -0.25) is 4.79 Å². The first-order valence-corrected chi connectivity index (χ1v) is 11.8. The molecule has 0 unspecified atom stereocenters. The molecular formula is C22H20Cl2F3N3O4S. The number of alkyl halides is 3. The van der Waals surface area contributed by atoms with Gasteiger partial charge in [0, 0.05) is 5.02 Å². The molecule has 7 nitrogen and oxygen atoms in total. The van der Waals surface area contributed by atoms with Crippen LogP contribution in [0.25, 0.3) is 10.2 Å². The molecule has 1 aromatic heterocycles. The first-order valence-electron chi connectivity index (χ1n) is 10.2. The van der Waals surface area contributed by atoms with E-state index < -0.39 is 23.7 Å². The summed E-state index contributed by atoms with van der Waals surface area (Å²) in [6.45, 7) is 2.51. The maximum atomic E-state index is 14.4. The molecule has 0 aliphatic carbocycles. The summed E-state index contributed by atoms with van der Waals surface area (Å²) in [5.41, 5.74) is -3.61. The maximum absolute atomic E-state index is 14.4. The summed E-state index contributed by atoms with van der Waals surface area (Å²) in [4.78, 5) is 29.4. The number of aromatic nitrogens is 1. The lowest BCUT2D eigenvalue weighted by Gasteiger charge is -2.34. The van der Waals surface area contributed by atoms with Crippen LogP contribution in [0.15, 0.2) is 36.4 Å². The molecule has 1 heterocycles. The molecule has 0 aliphatic rings. The third-order valence-electron chi connectivity index (χ3n) is 4.81. The van der Waals surface area contributed by atoms with Crippen LogP contribution in [0.2, 0.25) is 10.0 Å². The molecule has 13 heteroatoms. The predicted molar refractivity (Wildman–Crippen MR) is 128 cm³/mol. The molecule has 188 valence electrons. The van der Waals surface area contributed by atoms with Gasteiger partial charge < -0.3 is 20.1 Å². The van der Waals surface area contributed by atoms with Crippen LogP contribution in [-0.4, -0.2) is 42.4 Å². The molecule has 3 aromatic rings. The zero-order valence-corrected chi connectivity index (χ0v) is 20.8. The number of thiazole rings is 1. The van der Waals surface area contributed by atoms with Crippen LogP contribution in [0.3, 0.4) is 0 Å². The topological polar surface area (TPSA) is 89.5 Å². The Bertz CT molecular complexity index is 1240. The quantitative estimate of drug-likeness (QED) is 0.192. The first kappa shape index (κ1) is 26.8. The van der Waals surface area contributed by atoms with Crippen LogP contribution in [0.1, 0.15) is 30.1 Å². The normalized spacial score (nSPS) is 13.2. The summed E-state index contributed by atoms with van der Waals surface area (Å²) in [6.07, 6.45) is -3.55. The summed E-state index contributed by atoms with van der Waals surface area (Å²) in [5, 5.41) is 3.43. The van der Waals surface area contributed by atoms with E-state index in [1.807, 2.05) is 12.2 Å². The van der Waals surface area contributed by atoms with Gasteiger partial charge in [0.05, 0.1) is 34.5 Å². The number of methoxy groups -OCH3 is 1. The maximum Gasteiger partial charge on any atom is 0.442 e. The number of benzene rings is 2. The number of hydrogen-bond acceptors (Lipinski definition) is 7. The largest absolute Gasteiger partial charge is 0.494 e. The highest BCUT2D eigenvalue weighted by Gasteiger charge is 2.64. The van der Waals surface area contributed by atoms with Crippen LogP contribution >= 0.6 is 34.5 Å². The standard InChI is InChI=1S/C22H20Cl2F3N3O4S/c1-3-4-9-34-13-6-8-16-17(11-13)35-20(28-16)30-21(19(32)33-2,22(25,26)27)29-18(31)14-7-5-12(23)10-15(14)24/h5-8,10-11H,3-4,9H2,1-2H3,(H,28,30)(H,29,31)/t21-/m1/s1. The number of unbranched alkanes of at least 4 members (excludes halogenated alkanes) is 1. The molecule has 35 heavy (non-hydrogen) atoms. The zero-order valence-electron chi connectivity index (χ0n) is 18.5. The lowest BCUT2D eigenvalue weighted by Crippen LogP contribution is -2.69. The lowest BCUT2D eigenvalue weighted by molar-refractivity contribution is -0.203. The van der Waals surface area contributed by atoms with Crippen LogP contribution in [0, 0.1) is 0 Å². The summed E-state index contributed by atoms with van der Waals surface area (Å²) in [6, 6.07) is 8.45. The molecule has 3 rings (SSSR count). The van der Waals surface area contributed by atoms with Gasteiger partial charge in [0.15, 0.2) is 5.13 Å². The Balaban J connectivity index is 1.99. The van der Waals surface area contributed by atoms with Crippen LogP contribution in [0.5, 0.6) is 5.75 Å². The number of nitrogens with zero attached hydrogens (tertiary/aromatic N) is 1. The van der Waals surface area contributed by atoms with E-state index in [-0.39, 0.29) is 20.7 Å². The van der Waals surface area contributed by atoms with Gasteiger partial charge in [-0.2, -0.15) is 13.2 Å². The van der Waals surface area contributed by atoms with Crippen molar-refractivity contribution in [2.75, 3.05) is 19.0 Å². The minimum absolute atomic E-state index is 0.173. The van der Waals surface area contributed by atoms with Gasteiger partial charge in [0.25, 0.3) is 5.91 Å². The summed E-state index contributed by atoms with van der Waals surface area (Å²) >= 11 is 12.6. The van der Waals surface area contributed by atoms with Crippen molar-refractivity contribution in [2.45, 2.75) is 31.6 Å². The second-order valence-electron chi connectivity index (χ2n) is 7.29. The fourth-order valence-corrected chi connectivity index (χ4v) is 4.44. The molecule has 0 saturated heterocycles. The number of halogens is 5. The Morgan fingerprint density at radius 3 is 2.51 bits per heavy atom. The van der Waals surface area contributed by atoms with Crippen LogP contribution in [-0.2, 0) is 9.53 Å². The average Bonchev–Trinajstić information content (AvgIpc) is 3.18. The fraction of sp³-hybridized carbons (Fsp3) is 0.318. The van der Waals surface area contributed by atoms with Gasteiger partial charge in [-0.15, -0.1) is 0 Å². The predicted octanol–water partition coefficient (Wildman–Crippen LogP) is 6.06. The Morgan fingerprint density at radius 2 is 1.89 bits per heavy atom. The van der Waals surface area contributed by atoms with Crippen molar-refractivity contribution < 1.29 is 32.2 Å². The molecule has 1 atom stereocenters. The number of nitrogens with one attached hydrogen (secondary N) is 2. The number of anilines is 1. The number of carbonyl (C=O) groups excluding carboxylic acids is 2. The number of ether oxygens (including phenoxy) is 2.